The summed E-state index contributed by atoms with van der Waals surface area (Å²) in [5, 5.41) is 30.3. The van der Waals surface area contributed by atoms with Gasteiger partial charge >= 0.3 is 0 Å². The van der Waals surface area contributed by atoms with Crippen molar-refractivity contribution in [1.82, 2.24) is 101 Å². The predicted molar refractivity (Wildman–Crippen MR) is 568 cm³/mol. The summed E-state index contributed by atoms with van der Waals surface area (Å²) in [4.78, 5) is 70.6. The number of fused-ring (bicyclic) bond motifs is 13. The fourth-order valence-corrected chi connectivity index (χ4v) is 20.9. The highest BCUT2D eigenvalue weighted by Gasteiger charge is 2.25. The van der Waals surface area contributed by atoms with E-state index < -0.39 is 0 Å². The van der Waals surface area contributed by atoms with Crippen molar-refractivity contribution in [2.75, 3.05) is 0 Å². The lowest BCUT2D eigenvalue weighted by molar-refractivity contribution is 0.904. The van der Waals surface area contributed by atoms with Crippen LogP contribution in [0.2, 0.25) is 0 Å². The Kier molecular flexibility index (Phi) is 22.0. The van der Waals surface area contributed by atoms with E-state index in [4.69, 9.17) is 69.8 Å². The molecule has 0 aliphatic rings. The quantitative estimate of drug-likeness (QED) is 0.0924. The monoisotopic (exact) mass is 1860 g/mol. The highest BCUT2D eigenvalue weighted by molar-refractivity contribution is 7.27. The van der Waals surface area contributed by atoms with E-state index >= 15 is 0 Å². The molecule has 27 rings (SSSR count). The third-order valence-corrected chi connectivity index (χ3v) is 27.9. The Morgan fingerprint density at radius 1 is 0.170 bits per heavy atom. The van der Waals surface area contributed by atoms with Gasteiger partial charge in [0.05, 0.1) is 47.4 Å². The lowest BCUT2D eigenvalue weighted by Crippen LogP contribution is -2.00. The molecule has 0 radical (unpaired) electrons. The summed E-state index contributed by atoms with van der Waals surface area (Å²) in [5.74, 6) is 5.50. The number of aromatic nitrogens is 20. The molecule has 0 aliphatic carbocycles. The maximum atomic E-state index is 5.16. The maximum Gasteiger partial charge on any atom is 0.164 e. The van der Waals surface area contributed by atoms with E-state index in [0.717, 1.165) is 190 Å². The van der Waals surface area contributed by atoms with E-state index in [0.29, 0.717) is 57.9 Å². The third-order valence-electron chi connectivity index (χ3n) is 24.6. The summed E-state index contributed by atoms with van der Waals surface area (Å²) in [6.45, 7) is 0. The van der Waals surface area contributed by atoms with Crippen LogP contribution in [-0.4, -0.2) is 101 Å². The van der Waals surface area contributed by atoms with Crippen molar-refractivity contribution in [3.05, 3.63) is 425 Å². The minimum atomic E-state index is 0.584. The molecule has 0 aliphatic heterocycles. The van der Waals surface area contributed by atoms with Gasteiger partial charge in [-0.15, -0.1) is 54.4 Å². The van der Waals surface area contributed by atoms with Crippen molar-refractivity contribution in [3.63, 3.8) is 0 Å². The van der Waals surface area contributed by atoms with Crippen LogP contribution in [-0.2, 0) is 0 Å². The summed E-state index contributed by atoms with van der Waals surface area (Å²) in [5.41, 5.74) is 27.0. The van der Waals surface area contributed by atoms with Gasteiger partial charge in [0.15, 0.2) is 52.4 Å². The first-order valence-electron chi connectivity index (χ1n) is 45.6. The maximum absolute atomic E-state index is 5.16. The molecule has 0 spiro atoms. The van der Waals surface area contributed by atoms with Crippen LogP contribution in [0.25, 0.3) is 264 Å². The van der Waals surface area contributed by atoms with Crippen molar-refractivity contribution in [2.24, 2.45) is 0 Å². The predicted octanol–water partition coefficient (Wildman–Crippen LogP) is 28.5. The minimum Gasteiger partial charge on any atom is -0.254 e. The van der Waals surface area contributed by atoms with Crippen LogP contribution in [0.1, 0.15) is 0 Å². The van der Waals surface area contributed by atoms with Crippen LogP contribution in [0, 0.1) is 0 Å². The number of hydrogen-bond donors (Lipinski definition) is 0. The number of rotatable bonds is 15. The molecule has 141 heavy (non-hydrogen) atoms. The Morgan fingerprint density at radius 3 is 0.972 bits per heavy atom. The molecule has 660 valence electrons. The van der Waals surface area contributed by atoms with Gasteiger partial charge in [0, 0.05) is 99.2 Å². The smallest absolute Gasteiger partial charge is 0.164 e. The van der Waals surface area contributed by atoms with Crippen LogP contribution in [0.4, 0.5) is 0 Å². The molecule has 15 aromatic carbocycles. The molecule has 0 fully saturated rings. The number of benzene rings is 15. The Bertz CT molecular complexity index is 9030. The topological polar surface area (TPSA) is 258 Å². The summed E-state index contributed by atoms with van der Waals surface area (Å²) >= 11 is 4.87. The number of para-hydroxylation sites is 3. The average molecular weight is 1860 g/mol. The number of thiophene rings is 3. The number of nitrogens with zero attached hydrogens (tertiary/aromatic N) is 20. The highest BCUT2D eigenvalue weighted by atomic mass is 32.1. The van der Waals surface area contributed by atoms with Crippen LogP contribution in [0.5, 0.6) is 0 Å². The zero-order chi connectivity index (χ0) is 93.5. The first kappa shape index (κ1) is 84.1. The molecule has 0 amide bonds. The summed E-state index contributed by atoms with van der Waals surface area (Å²) in [7, 11) is 0. The third kappa shape index (κ3) is 16.7. The van der Waals surface area contributed by atoms with Gasteiger partial charge < -0.3 is 0 Å². The summed E-state index contributed by atoms with van der Waals surface area (Å²) < 4.78 is 4.19. The van der Waals surface area contributed by atoms with E-state index in [9.17, 15) is 0 Å². The molecule has 23 heteroatoms. The van der Waals surface area contributed by atoms with Gasteiger partial charge in [-0.1, -0.05) is 370 Å². The highest BCUT2D eigenvalue weighted by Crippen LogP contribution is 2.45. The minimum absolute atomic E-state index is 0.584. The van der Waals surface area contributed by atoms with Crippen LogP contribution in [0.3, 0.4) is 0 Å². The second kappa shape index (κ2) is 36.8. The molecule has 0 saturated heterocycles. The Balaban J connectivity index is 0.000000111. The zero-order valence-electron chi connectivity index (χ0n) is 74.6. The van der Waals surface area contributed by atoms with E-state index in [1.165, 1.54) is 27.0 Å². The number of hydrogen-bond acceptors (Lipinski definition) is 23. The van der Waals surface area contributed by atoms with Gasteiger partial charge in [0.2, 0.25) is 0 Å². The first-order chi connectivity index (χ1) is 69.8. The Hall–Kier alpha value is -18.7. The largest absolute Gasteiger partial charge is 0.254 e. The van der Waals surface area contributed by atoms with E-state index in [1.807, 2.05) is 243 Å². The molecule has 12 aromatic heterocycles. The van der Waals surface area contributed by atoms with Crippen molar-refractivity contribution in [3.8, 4) is 170 Å². The van der Waals surface area contributed by atoms with Gasteiger partial charge in [-0.25, -0.2) is 64.8 Å². The normalized spacial score (nSPS) is 11.4. The van der Waals surface area contributed by atoms with Crippen molar-refractivity contribution in [2.45, 2.75) is 0 Å². The molecule has 0 atom stereocenters. The van der Waals surface area contributed by atoms with E-state index in [2.05, 4.69) is 213 Å². The SMILES string of the molecule is c1ccc(-c2ccc(-c3nc(-c4ccccc4)nc(-c4ccc(-c5nnnc6c5sc5nc7ccccc7cc56)cc4)n3)cc2)cc1.c1ccc(-c2ccc(-c3nc(-c4ccccc4)nc(-c4ccc(-c5nnnc6c5sc5nc7ccccc7nc56)cc4)n3)cc2)cc1.c1ccc(-c2ccc(-c3nc(-c4ccccc4)nc(-c4cccc(-c5nc6cccnc6c6c5sc5ccccc56)c4)n3)cc2)cc1. The van der Waals surface area contributed by atoms with Crippen LogP contribution in [0.15, 0.2) is 425 Å². The van der Waals surface area contributed by atoms with Crippen LogP contribution < -0.4 is 0 Å². The molecule has 12 heterocycles. The standard InChI is InChI=1S/C41H25N5S.C39H23N7S.C38H22N8S/c1-3-11-26(12-4-1)27-20-22-29(23-21-27)40-44-39(28-13-5-2-6-14-28)45-41(46-40)31-16-9-15-30(25-31)36-38-35(32-17-7-8-19-34(32)47-38)37-33(43-36)18-10-24-42-37;1-3-9-24(10-4-1)25-15-19-28(20-16-25)37-41-36(27-11-5-2-6-12-27)42-38(43-37)29-21-17-26(18-22-29)33-35-34(45-46-44-33)31-23-30-13-7-8-14-32(30)40-39(31)47-35;1-3-9-23(10-4-1)24-15-19-27(20-16-24)36-41-35(26-11-5-2-6-12-26)42-37(43-36)28-21-17-25(18-22-28)31-34-32(45-46-44-31)33-38(47-34)40-30-14-8-7-13-29(30)39-33/h1-25H;1-23H;1-22H. The Morgan fingerprint density at radius 2 is 0.504 bits per heavy atom. The lowest BCUT2D eigenvalue weighted by Gasteiger charge is -2.11. The van der Waals surface area contributed by atoms with Gasteiger partial charge in [-0.2, -0.15) is 0 Å². The summed E-state index contributed by atoms with van der Waals surface area (Å²) in [6.07, 6.45) is 1.84. The van der Waals surface area contributed by atoms with Crippen LogP contribution >= 0.6 is 34.0 Å². The fraction of sp³-hybridized carbons (Fsp3) is 0. The molecule has 27 aromatic rings. The Labute approximate surface area is 817 Å². The van der Waals surface area contributed by atoms with E-state index in [1.54, 1.807) is 22.7 Å². The molecule has 0 bridgehead atoms. The van der Waals surface area contributed by atoms with Crippen molar-refractivity contribution in [1.29, 1.82) is 0 Å². The lowest BCUT2D eigenvalue weighted by atomic mass is 10.0. The van der Waals surface area contributed by atoms with Gasteiger partial charge in [-0.05, 0) is 92.3 Å². The van der Waals surface area contributed by atoms with Gasteiger partial charge in [0.1, 0.15) is 37.6 Å². The first-order valence-corrected chi connectivity index (χ1v) is 48.1. The molecule has 0 saturated carbocycles. The fourth-order valence-electron chi connectivity index (χ4n) is 17.5. The average Bonchev–Trinajstić information content (AvgIpc) is 1.60. The van der Waals surface area contributed by atoms with Crippen molar-refractivity contribution >= 4 is 128 Å². The second-order valence-corrected chi connectivity index (χ2v) is 36.5. The van der Waals surface area contributed by atoms with E-state index in [-0.39, 0.29) is 0 Å². The molecular weight excluding hydrogens is 1790 g/mol. The molecule has 0 N–H and O–H groups in total. The van der Waals surface area contributed by atoms with Gasteiger partial charge in [0.25, 0.3) is 0 Å². The van der Waals surface area contributed by atoms with Crippen molar-refractivity contribution < 1.29 is 0 Å². The van der Waals surface area contributed by atoms with Gasteiger partial charge in [-0.3, -0.25) is 4.98 Å². The summed E-state index contributed by atoms with van der Waals surface area (Å²) in [6, 6.07) is 141. The second-order valence-electron chi connectivity index (χ2n) is 33.5. The zero-order valence-corrected chi connectivity index (χ0v) is 77.0. The molecule has 0 unspecified atom stereocenters. The molecule has 20 nitrogen and oxygen atoms in total. The number of pyridine rings is 3. The molecular formula is C118H70N20S3.